The van der Waals surface area contributed by atoms with Crippen molar-refractivity contribution in [3.8, 4) is 0 Å². The summed E-state index contributed by atoms with van der Waals surface area (Å²) in [5.74, 6) is -0.0885. The first kappa shape index (κ1) is 13.8. The molecule has 114 valence electrons. The Morgan fingerprint density at radius 2 is 2.13 bits per heavy atom. The van der Waals surface area contributed by atoms with Gasteiger partial charge in [-0.25, -0.2) is 15.0 Å². The number of amides is 1. The molecule has 0 aliphatic carbocycles. The fourth-order valence-corrected chi connectivity index (χ4v) is 2.80. The summed E-state index contributed by atoms with van der Waals surface area (Å²) in [6, 6.07) is 5.96. The van der Waals surface area contributed by atoms with E-state index in [0.717, 1.165) is 34.4 Å². The second-order valence-electron chi connectivity index (χ2n) is 5.66. The van der Waals surface area contributed by atoms with Crippen LogP contribution in [0.25, 0.3) is 11.0 Å². The lowest BCUT2D eigenvalue weighted by Crippen LogP contribution is -2.36. The molecule has 0 saturated heterocycles. The Morgan fingerprint density at radius 1 is 1.22 bits per heavy atom. The van der Waals surface area contributed by atoms with E-state index in [-0.39, 0.29) is 5.91 Å². The molecule has 4 rings (SSSR count). The zero-order chi connectivity index (χ0) is 15.8. The Labute approximate surface area is 133 Å². The van der Waals surface area contributed by atoms with Crippen molar-refractivity contribution in [3.05, 3.63) is 59.4 Å². The molecule has 1 aliphatic rings. The third-order valence-electron chi connectivity index (χ3n) is 4.03. The summed E-state index contributed by atoms with van der Waals surface area (Å²) in [4.78, 5) is 31.6. The van der Waals surface area contributed by atoms with Crippen LogP contribution in [0.3, 0.4) is 0 Å². The van der Waals surface area contributed by atoms with Crippen LogP contribution in [0.2, 0.25) is 0 Å². The minimum Gasteiger partial charge on any atom is -0.332 e. The molecule has 1 aliphatic heterocycles. The van der Waals surface area contributed by atoms with Gasteiger partial charge >= 0.3 is 0 Å². The van der Waals surface area contributed by atoms with Gasteiger partial charge in [0, 0.05) is 43.0 Å². The maximum absolute atomic E-state index is 12.6. The van der Waals surface area contributed by atoms with Crippen LogP contribution in [0.5, 0.6) is 0 Å². The van der Waals surface area contributed by atoms with Gasteiger partial charge in [-0.1, -0.05) is 0 Å². The molecule has 0 atom stereocenters. The molecule has 4 heterocycles. The van der Waals surface area contributed by atoms with E-state index < -0.39 is 0 Å². The van der Waals surface area contributed by atoms with E-state index in [2.05, 4.69) is 26.0 Å². The van der Waals surface area contributed by atoms with Gasteiger partial charge in [-0.15, -0.1) is 0 Å². The molecule has 0 N–H and O–H groups in total. The largest absolute Gasteiger partial charge is 0.332 e. The zero-order valence-electron chi connectivity index (χ0n) is 12.7. The van der Waals surface area contributed by atoms with Gasteiger partial charge in [-0.3, -0.25) is 9.78 Å². The number of fused-ring (bicyclic) bond motifs is 2. The molecule has 0 radical (unpaired) electrons. The molecule has 3 aromatic rings. The van der Waals surface area contributed by atoms with E-state index in [0.29, 0.717) is 18.8 Å². The average Bonchev–Trinajstić information content (AvgIpc) is 2.59. The number of pyridine rings is 2. The lowest BCUT2D eigenvalue weighted by atomic mass is 10.0. The van der Waals surface area contributed by atoms with Gasteiger partial charge < -0.3 is 4.90 Å². The molecule has 6 heteroatoms. The van der Waals surface area contributed by atoms with Gasteiger partial charge in [0.05, 0.1) is 11.9 Å². The van der Waals surface area contributed by atoms with Crippen molar-refractivity contribution in [2.45, 2.75) is 19.9 Å². The number of hydrogen-bond donors (Lipinski definition) is 0. The van der Waals surface area contributed by atoms with Crippen LogP contribution < -0.4 is 0 Å². The predicted molar refractivity (Wildman–Crippen MR) is 84.8 cm³/mol. The van der Waals surface area contributed by atoms with E-state index in [4.69, 9.17) is 0 Å². The molecule has 0 spiro atoms. The first-order valence-electron chi connectivity index (χ1n) is 7.52. The van der Waals surface area contributed by atoms with E-state index >= 15 is 0 Å². The molecule has 23 heavy (non-hydrogen) atoms. The normalized spacial score (nSPS) is 13.9. The molecule has 1 amide bonds. The van der Waals surface area contributed by atoms with E-state index in [1.54, 1.807) is 17.3 Å². The van der Waals surface area contributed by atoms with Crippen LogP contribution in [-0.2, 0) is 13.0 Å². The van der Waals surface area contributed by atoms with Crippen molar-refractivity contribution in [1.29, 1.82) is 0 Å². The number of rotatable bonds is 1. The van der Waals surface area contributed by atoms with Gasteiger partial charge in [-0.05, 0) is 30.7 Å². The molecule has 0 saturated carbocycles. The van der Waals surface area contributed by atoms with Crippen LogP contribution in [0.4, 0.5) is 0 Å². The first-order valence-corrected chi connectivity index (χ1v) is 7.52. The van der Waals surface area contributed by atoms with Crippen molar-refractivity contribution in [1.82, 2.24) is 24.8 Å². The molecular formula is C17H15N5O. The summed E-state index contributed by atoms with van der Waals surface area (Å²) in [6.07, 6.45) is 5.63. The van der Waals surface area contributed by atoms with Crippen LogP contribution >= 0.6 is 0 Å². The van der Waals surface area contributed by atoms with Crippen molar-refractivity contribution < 1.29 is 4.79 Å². The second kappa shape index (κ2) is 5.39. The van der Waals surface area contributed by atoms with Crippen molar-refractivity contribution in [3.63, 3.8) is 0 Å². The smallest absolute Gasteiger partial charge is 0.274 e. The Balaban J connectivity index is 1.64. The maximum Gasteiger partial charge on any atom is 0.274 e. The summed E-state index contributed by atoms with van der Waals surface area (Å²) in [5, 5.41) is 0.996. The topological polar surface area (TPSA) is 71.9 Å². The summed E-state index contributed by atoms with van der Waals surface area (Å²) in [6.45, 7) is 3.03. The van der Waals surface area contributed by atoms with E-state index in [1.165, 1.54) is 6.20 Å². The van der Waals surface area contributed by atoms with Crippen LogP contribution in [0.15, 0.2) is 36.8 Å². The number of aromatic nitrogens is 4. The predicted octanol–water partition coefficient (Wildman–Crippen LogP) is 1.93. The summed E-state index contributed by atoms with van der Waals surface area (Å²) >= 11 is 0. The molecule has 0 aromatic carbocycles. The minimum atomic E-state index is -0.0885. The molecule has 0 unspecified atom stereocenters. The lowest BCUT2D eigenvalue weighted by Gasteiger charge is -2.28. The molecule has 0 bridgehead atoms. The Morgan fingerprint density at radius 3 is 2.96 bits per heavy atom. The Bertz CT molecular complexity index is 891. The van der Waals surface area contributed by atoms with E-state index in [1.807, 2.05) is 19.1 Å². The van der Waals surface area contributed by atoms with Gasteiger partial charge in [0.1, 0.15) is 5.69 Å². The molecule has 6 nitrogen and oxygen atoms in total. The van der Waals surface area contributed by atoms with Gasteiger partial charge in [-0.2, -0.15) is 0 Å². The van der Waals surface area contributed by atoms with Gasteiger partial charge in [0.15, 0.2) is 5.65 Å². The zero-order valence-corrected chi connectivity index (χ0v) is 12.7. The number of aryl methyl sites for hydroxylation is 1. The van der Waals surface area contributed by atoms with Crippen molar-refractivity contribution in [2.24, 2.45) is 0 Å². The Kier molecular flexibility index (Phi) is 3.22. The van der Waals surface area contributed by atoms with Crippen LogP contribution in [0.1, 0.15) is 27.4 Å². The standard InChI is InChI=1S/C17H15N5O/c1-11-8-20-15(9-19-11)17(23)22-6-4-14-13(10-22)7-12-3-2-5-18-16(12)21-14/h2-3,5,7-9H,4,6,10H2,1H3. The van der Waals surface area contributed by atoms with Crippen LogP contribution in [-0.4, -0.2) is 37.3 Å². The highest BCUT2D eigenvalue weighted by Crippen LogP contribution is 2.22. The number of carbonyl (C=O) groups excluding carboxylic acids is 1. The molecular weight excluding hydrogens is 290 g/mol. The van der Waals surface area contributed by atoms with Crippen LogP contribution in [0, 0.1) is 6.92 Å². The minimum absolute atomic E-state index is 0.0885. The van der Waals surface area contributed by atoms with E-state index in [9.17, 15) is 4.79 Å². The number of nitrogens with zero attached hydrogens (tertiary/aromatic N) is 5. The number of carbonyl (C=O) groups is 1. The SMILES string of the molecule is Cc1cnc(C(=O)N2CCc3nc4ncccc4cc3C2)cn1. The quantitative estimate of drug-likeness (QED) is 0.687. The second-order valence-corrected chi connectivity index (χ2v) is 5.66. The van der Waals surface area contributed by atoms with Gasteiger partial charge in [0.25, 0.3) is 5.91 Å². The summed E-state index contributed by atoms with van der Waals surface area (Å²) in [7, 11) is 0. The maximum atomic E-state index is 12.6. The number of hydrogen-bond acceptors (Lipinski definition) is 5. The fourth-order valence-electron chi connectivity index (χ4n) is 2.80. The lowest BCUT2D eigenvalue weighted by molar-refractivity contribution is 0.0727. The molecule has 0 fully saturated rings. The monoisotopic (exact) mass is 305 g/mol. The first-order chi connectivity index (χ1) is 11.2. The average molecular weight is 305 g/mol. The summed E-state index contributed by atoms with van der Waals surface area (Å²) < 4.78 is 0. The Hall–Kier alpha value is -2.89. The highest BCUT2D eigenvalue weighted by Gasteiger charge is 2.24. The fraction of sp³-hybridized carbons (Fsp3) is 0.235. The van der Waals surface area contributed by atoms with Crippen molar-refractivity contribution in [2.75, 3.05) is 6.54 Å². The highest BCUT2D eigenvalue weighted by atomic mass is 16.2. The summed E-state index contributed by atoms with van der Waals surface area (Å²) in [5.41, 5.74) is 4.04. The van der Waals surface area contributed by atoms with Gasteiger partial charge in [0.2, 0.25) is 0 Å². The molecule has 3 aromatic heterocycles. The third-order valence-corrected chi connectivity index (χ3v) is 4.03. The highest BCUT2D eigenvalue weighted by molar-refractivity contribution is 5.92. The third kappa shape index (κ3) is 2.52. The van der Waals surface area contributed by atoms with Crippen molar-refractivity contribution >= 4 is 16.9 Å².